The first kappa shape index (κ1) is 19.8. The molecule has 0 aliphatic rings. The van der Waals surface area contributed by atoms with Crippen LogP contribution in [0.25, 0.3) is 11.5 Å². The van der Waals surface area contributed by atoms with Gasteiger partial charge >= 0.3 is 0 Å². The van der Waals surface area contributed by atoms with E-state index in [1.165, 1.54) is 0 Å². The molecule has 3 heterocycles. The van der Waals surface area contributed by atoms with Crippen LogP contribution in [0.5, 0.6) is 5.75 Å². The molecule has 3 aromatic heterocycles. The molecule has 4 rings (SSSR count). The van der Waals surface area contributed by atoms with E-state index in [9.17, 15) is 0 Å². The lowest BCUT2D eigenvalue weighted by Crippen LogP contribution is -2.23. The van der Waals surface area contributed by atoms with Crippen LogP contribution < -0.4 is 4.74 Å². The number of hydrogen-bond donors (Lipinski definition) is 0. The van der Waals surface area contributed by atoms with Crippen LogP contribution in [0.15, 0.2) is 83.7 Å². The summed E-state index contributed by atoms with van der Waals surface area (Å²) in [6.45, 7) is 4.55. The molecule has 0 aliphatic carbocycles. The molecule has 1 aromatic carbocycles. The van der Waals surface area contributed by atoms with Gasteiger partial charge in [-0.2, -0.15) is 0 Å². The maximum absolute atomic E-state index is 5.79. The van der Waals surface area contributed by atoms with Crippen LogP contribution in [-0.4, -0.2) is 26.5 Å². The molecule has 30 heavy (non-hydrogen) atoms. The number of nitrogens with zero attached hydrogens (tertiary/aromatic N) is 4. The largest absolute Gasteiger partial charge is 0.493 e. The van der Waals surface area contributed by atoms with Gasteiger partial charge in [0, 0.05) is 32.0 Å². The monoisotopic (exact) mass is 400 g/mol. The van der Waals surface area contributed by atoms with Crippen molar-refractivity contribution in [1.29, 1.82) is 0 Å². The van der Waals surface area contributed by atoms with Crippen molar-refractivity contribution >= 4 is 0 Å². The lowest BCUT2D eigenvalue weighted by atomic mass is 10.2. The van der Waals surface area contributed by atoms with Crippen molar-refractivity contribution in [2.75, 3.05) is 6.61 Å². The highest BCUT2D eigenvalue weighted by Gasteiger charge is 2.15. The Morgan fingerprint density at radius 3 is 2.07 bits per heavy atom. The van der Waals surface area contributed by atoms with Crippen LogP contribution in [0.3, 0.4) is 0 Å². The molecular weight excluding hydrogens is 376 g/mol. The van der Waals surface area contributed by atoms with Crippen molar-refractivity contribution in [2.24, 2.45) is 0 Å². The molecule has 0 saturated heterocycles. The van der Waals surface area contributed by atoms with E-state index < -0.39 is 0 Å². The summed E-state index contributed by atoms with van der Waals surface area (Å²) in [5, 5.41) is 0. The van der Waals surface area contributed by atoms with Gasteiger partial charge < -0.3 is 9.15 Å². The van der Waals surface area contributed by atoms with Gasteiger partial charge in [0.2, 0.25) is 5.89 Å². The summed E-state index contributed by atoms with van der Waals surface area (Å²) in [4.78, 5) is 15.9. The van der Waals surface area contributed by atoms with Crippen molar-refractivity contribution < 1.29 is 9.15 Å². The average molecular weight is 400 g/mol. The quantitative estimate of drug-likeness (QED) is 0.405. The molecule has 4 aromatic rings. The van der Waals surface area contributed by atoms with Gasteiger partial charge in [-0.15, -0.1) is 0 Å². The Morgan fingerprint density at radius 2 is 1.43 bits per heavy atom. The molecule has 0 bridgehead atoms. The predicted molar refractivity (Wildman–Crippen MR) is 115 cm³/mol. The molecule has 0 radical (unpaired) electrons. The SMILES string of the molecule is CCOc1ccccc1-c1nc(CN(Cc2ccccn2)Cc2ccccn2)co1. The summed E-state index contributed by atoms with van der Waals surface area (Å²) >= 11 is 0. The molecule has 0 amide bonds. The summed E-state index contributed by atoms with van der Waals surface area (Å²) in [5.74, 6) is 1.33. The normalized spacial score (nSPS) is 11.0. The molecule has 6 nitrogen and oxygen atoms in total. The zero-order valence-corrected chi connectivity index (χ0v) is 16.9. The summed E-state index contributed by atoms with van der Waals surface area (Å²) < 4.78 is 11.5. The van der Waals surface area contributed by atoms with Gasteiger partial charge in [0.05, 0.1) is 29.3 Å². The van der Waals surface area contributed by atoms with E-state index in [0.29, 0.717) is 32.1 Å². The smallest absolute Gasteiger partial charge is 0.229 e. The minimum atomic E-state index is 0.560. The van der Waals surface area contributed by atoms with E-state index >= 15 is 0 Å². The van der Waals surface area contributed by atoms with Gasteiger partial charge in [-0.1, -0.05) is 24.3 Å². The summed E-state index contributed by atoms with van der Waals surface area (Å²) in [5.41, 5.74) is 3.70. The van der Waals surface area contributed by atoms with Gasteiger partial charge in [0.1, 0.15) is 12.0 Å². The standard InChI is InChI=1S/C24H24N4O2/c1-2-29-23-12-4-3-11-22(23)24-27-21(18-30-24)17-28(15-19-9-5-7-13-25-19)16-20-10-6-8-14-26-20/h3-14,18H,2,15-17H2,1H3. The highest BCUT2D eigenvalue weighted by atomic mass is 16.5. The third-order valence-electron chi connectivity index (χ3n) is 4.58. The summed E-state index contributed by atoms with van der Waals surface area (Å²) in [6, 6.07) is 19.7. The van der Waals surface area contributed by atoms with E-state index in [4.69, 9.17) is 14.1 Å². The fraction of sp³-hybridized carbons (Fsp3) is 0.208. The Balaban J connectivity index is 1.54. The number of para-hydroxylation sites is 1. The second-order valence-electron chi connectivity index (χ2n) is 6.86. The van der Waals surface area contributed by atoms with Crippen molar-refractivity contribution in [1.82, 2.24) is 19.9 Å². The summed E-state index contributed by atoms with van der Waals surface area (Å²) in [6.07, 6.45) is 5.34. The number of oxazole rings is 1. The molecule has 0 unspecified atom stereocenters. The third-order valence-corrected chi connectivity index (χ3v) is 4.58. The lowest BCUT2D eigenvalue weighted by Gasteiger charge is -2.20. The third kappa shape index (κ3) is 5.10. The minimum absolute atomic E-state index is 0.560. The number of benzene rings is 1. The summed E-state index contributed by atoms with van der Waals surface area (Å²) in [7, 11) is 0. The van der Waals surface area contributed by atoms with Crippen LogP contribution in [0.1, 0.15) is 24.0 Å². The Kier molecular flexibility index (Phi) is 6.47. The van der Waals surface area contributed by atoms with E-state index in [2.05, 4.69) is 14.9 Å². The van der Waals surface area contributed by atoms with Crippen molar-refractivity contribution in [3.8, 4) is 17.2 Å². The zero-order valence-electron chi connectivity index (χ0n) is 16.9. The van der Waals surface area contributed by atoms with Crippen molar-refractivity contribution in [3.63, 3.8) is 0 Å². The van der Waals surface area contributed by atoms with Gasteiger partial charge in [-0.05, 0) is 43.3 Å². The number of pyridine rings is 2. The van der Waals surface area contributed by atoms with E-state index in [1.54, 1.807) is 6.26 Å². The maximum Gasteiger partial charge on any atom is 0.229 e. The zero-order chi connectivity index (χ0) is 20.6. The highest BCUT2D eigenvalue weighted by Crippen LogP contribution is 2.29. The predicted octanol–water partition coefficient (Wildman–Crippen LogP) is 4.73. The number of aromatic nitrogens is 3. The van der Waals surface area contributed by atoms with Gasteiger partial charge in [0.25, 0.3) is 0 Å². The highest BCUT2D eigenvalue weighted by molar-refractivity contribution is 5.62. The maximum atomic E-state index is 5.79. The molecule has 0 fully saturated rings. The van der Waals surface area contributed by atoms with Crippen molar-refractivity contribution in [2.45, 2.75) is 26.6 Å². The fourth-order valence-corrected chi connectivity index (χ4v) is 3.27. The Morgan fingerprint density at radius 1 is 0.800 bits per heavy atom. The van der Waals surface area contributed by atoms with Gasteiger partial charge in [-0.25, -0.2) is 4.98 Å². The van der Waals surface area contributed by atoms with Crippen LogP contribution in [0.4, 0.5) is 0 Å². The van der Waals surface area contributed by atoms with Crippen LogP contribution >= 0.6 is 0 Å². The Hall–Kier alpha value is -3.51. The molecule has 0 saturated carbocycles. The first-order valence-electron chi connectivity index (χ1n) is 10.0. The van der Waals surface area contributed by atoms with E-state index in [0.717, 1.165) is 28.4 Å². The first-order chi connectivity index (χ1) is 14.8. The second kappa shape index (κ2) is 9.80. The van der Waals surface area contributed by atoms with E-state index in [1.807, 2.05) is 80.0 Å². The molecule has 0 N–H and O–H groups in total. The van der Waals surface area contributed by atoms with Crippen LogP contribution in [0, 0.1) is 0 Å². The Bertz CT molecular complexity index is 1010. The molecule has 0 spiro atoms. The average Bonchev–Trinajstić information content (AvgIpc) is 3.24. The lowest BCUT2D eigenvalue weighted by molar-refractivity contribution is 0.238. The molecule has 6 heteroatoms. The van der Waals surface area contributed by atoms with Gasteiger partial charge in [0.15, 0.2) is 0 Å². The topological polar surface area (TPSA) is 64.3 Å². The van der Waals surface area contributed by atoms with Crippen LogP contribution in [-0.2, 0) is 19.6 Å². The first-order valence-corrected chi connectivity index (χ1v) is 10.0. The van der Waals surface area contributed by atoms with Gasteiger partial charge in [-0.3, -0.25) is 14.9 Å². The van der Waals surface area contributed by atoms with Crippen molar-refractivity contribution in [3.05, 3.63) is 96.4 Å². The number of ether oxygens (including phenoxy) is 1. The second-order valence-corrected chi connectivity index (χ2v) is 6.86. The number of hydrogen-bond acceptors (Lipinski definition) is 6. The van der Waals surface area contributed by atoms with Crippen LogP contribution in [0.2, 0.25) is 0 Å². The molecule has 0 atom stereocenters. The fourth-order valence-electron chi connectivity index (χ4n) is 3.27. The van der Waals surface area contributed by atoms with E-state index in [-0.39, 0.29) is 0 Å². The molecular formula is C24H24N4O2. The minimum Gasteiger partial charge on any atom is -0.493 e. The number of rotatable bonds is 9. The molecule has 152 valence electrons. The Labute approximate surface area is 176 Å². The molecule has 0 aliphatic heterocycles.